The molecule has 0 radical (unpaired) electrons. The van der Waals surface area contributed by atoms with Gasteiger partial charge in [0.1, 0.15) is 0 Å². The second-order valence-corrected chi connectivity index (χ2v) is 4.86. The number of nitrogens with two attached hydrogens (primary N) is 1. The number of halogens is 2. The number of rotatable bonds is 2. The molecule has 3 heteroatoms. The first-order valence-corrected chi connectivity index (χ1v) is 5.21. The molecule has 80 valence electrons. The molecule has 3 fully saturated rings. The zero-order valence-corrected chi connectivity index (χ0v) is 8.34. The van der Waals surface area contributed by atoms with E-state index in [-0.39, 0.29) is 6.54 Å². The Morgan fingerprint density at radius 3 is 2.20 bits per heavy atom. The molecule has 0 spiro atoms. The monoisotopic (exact) mass is 209 g/mol. The van der Waals surface area contributed by atoms with Gasteiger partial charge in [-0.25, -0.2) is 8.78 Å². The molecule has 1 aromatic rings. The van der Waals surface area contributed by atoms with Crippen molar-refractivity contribution in [3.63, 3.8) is 0 Å². The van der Waals surface area contributed by atoms with Gasteiger partial charge in [-0.2, -0.15) is 0 Å². The lowest BCUT2D eigenvalue weighted by molar-refractivity contribution is -0.366. The van der Waals surface area contributed by atoms with Gasteiger partial charge in [-0.3, -0.25) is 0 Å². The van der Waals surface area contributed by atoms with Crippen LogP contribution in [0, 0.1) is 5.41 Å². The predicted molar refractivity (Wildman–Crippen MR) is 53.8 cm³/mol. The van der Waals surface area contributed by atoms with Crippen LogP contribution in [0.4, 0.5) is 8.78 Å². The van der Waals surface area contributed by atoms with Crippen molar-refractivity contribution in [3.8, 4) is 0 Å². The van der Waals surface area contributed by atoms with Gasteiger partial charge in [0.05, 0.1) is 5.41 Å². The summed E-state index contributed by atoms with van der Waals surface area (Å²) in [7, 11) is 0. The molecule has 15 heavy (non-hydrogen) atoms. The van der Waals surface area contributed by atoms with E-state index in [1.807, 2.05) is 18.2 Å². The smallest absolute Gasteiger partial charge is 0.264 e. The van der Waals surface area contributed by atoms with Crippen LogP contribution < -0.4 is 5.73 Å². The molecule has 3 aliphatic carbocycles. The molecule has 0 aliphatic heterocycles. The van der Waals surface area contributed by atoms with Crippen LogP contribution in [0.3, 0.4) is 0 Å². The van der Waals surface area contributed by atoms with E-state index in [1.165, 1.54) is 0 Å². The van der Waals surface area contributed by atoms with E-state index < -0.39 is 16.8 Å². The van der Waals surface area contributed by atoms with E-state index in [9.17, 15) is 8.78 Å². The molecular weight excluding hydrogens is 196 g/mol. The van der Waals surface area contributed by atoms with E-state index in [0.717, 1.165) is 5.56 Å². The molecule has 0 saturated heterocycles. The number of hydrogen-bond donors (Lipinski definition) is 1. The maximum absolute atomic E-state index is 13.9. The van der Waals surface area contributed by atoms with Crippen LogP contribution in [0.5, 0.6) is 0 Å². The molecule has 4 rings (SSSR count). The molecule has 3 saturated carbocycles. The number of alkyl halides is 2. The van der Waals surface area contributed by atoms with Crippen molar-refractivity contribution in [2.75, 3.05) is 6.54 Å². The Morgan fingerprint density at radius 1 is 1.13 bits per heavy atom. The SMILES string of the molecule is NCC12CC(c3ccccc3)(C1)C2(F)F. The first kappa shape index (κ1) is 9.28. The lowest BCUT2D eigenvalue weighted by atomic mass is 9.30. The minimum absolute atomic E-state index is 0.106. The Kier molecular flexibility index (Phi) is 1.49. The van der Waals surface area contributed by atoms with E-state index in [4.69, 9.17) is 5.73 Å². The van der Waals surface area contributed by atoms with Gasteiger partial charge < -0.3 is 5.73 Å². The summed E-state index contributed by atoms with van der Waals surface area (Å²) in [4.78, 5) is 0. The second kappa shape index (κ2) is 2.40. The molecule has 0 unspecified atom stereocenters. The summed E-state index contributed by atoms with van der Waals surface area (Å²) in [6.07, 6.45) is 1.10. The Hall–Kier alpha value is -0.960. The number of hydrogen-bond acceptors (Lipinski definition) is 1. The van der Waals surface area contributed by atoms with Gasteiger partial charge in [0.2, 0.25) is 0 Å². The Balaban J connectivity index is 1.99. The average molecular weight is 209 g/mol. The fourth-order valence-electron chi connectivity index (χ4n) is 3.26. The maximum atomic E-state index is 13.9. The zero-order chi connectivity index (χ0) is 10.7. The molecular formula is C12H13F2N. The molecule has 2 N–H and O–H groups in total. The minimum Gasteiger partial charge on any atom is -0.330 e. The van der Waals surface area contributed by atoms with Crippen molar-refractivity contribution in [1.29, 1.82) is 0 Å². The quantitative estimate of drug-likeness (QED) is 0.794. The normalized spacial score (nSPS) is 40.5. The van der Waals surface area contributed by atoms with Crippen LogP contribution >= 0.6 is 0 Å². The van der Waals surface area contributed by atoms with E-state index >= 15 is 0 Å². The molecule has 0 atom stereocenters. The first-order valence-electron chi connectivity index (χ1n) is 5.21. The molecule has 0 heterocycles. The van der Waals surface area contributed by atoms with Crippen molar-refractivity contribution >= 4 is 0 Å². The third-order valence-corrected chi connectivity index (χ3v) is 4.26. The van der Waals surface area contributed by atoms with Crippen molar-refractivity contribution < 1.29 is 8.78 Å². The lowest BCUT2D eigenvalue weighted by Crippen LogP contribution is -2.83. The molecule has 0 aromatic heterocycles. The summed E-state index contributed by atoms with van der Waals surface area (Å²) in [5, 5.41) is 0. The fourth-order valence-corrected chi connectivity index (χ4v) is 3.26. The largest absolute Gasteiger partial charge is 0.330 e. The van der Waals surface area contributed by atoms with Crippen LogP contribution in [0.25, 0.3) is 0 Å². The Labute approximate surface area is 87.3 Å². The van der Waals surface area contributed by atoms with Gasteiger partial charge in [0.25, 0.3) is 5.92 Å². The van der Waals surface area contributed by atoms with Gasteiger partial charge in [0, 0.05) is 12.0 Å². The van der Waals surface area contributed by atoms with Crippen LogP contribution in [0.2, 0.25) is 0 Å². The lowest BCUT2D eigenvalue weighted by Gasteiger charge is -2.75. The summed E-state index contributed by atoms with van der Waals surface area (Å²) >= 11 is 0. The Bertz CT molecular complexity index is 393. The first-order chi connectivity index (χ1) is 7.08. The van der Waals surface area contributed by atoms with Crippen molar-refractivity contribution in [2.24, 2.45) is 11.1 Å². The standard InChI is InChI=1S/C12H13F2N/c13-12(14)10(8-15)6-11(12,7-10)9-4-2-1-3-5-9/h1-5H,6-8,15H2. The summed E-state index contributed by atoms with van der Waals surface area (Å²) in [6, 6.07) is 9.09. The van der Waals surface area contributed by atoms with Gasteiger partial charge >= 0.3 is 0 Å². The fraction of sp³-hybridized carbons (Fsp3) is 0.500. The summed E-state index contributed by atoms with van der Waals surface area (Å²) in [6.45, 7) is 0.106. The topological polar surface area (TPSA) is 26.0 Å². The molecule has 1 aromatic carbocycles. The van der Waals surface area contributed by atoms with Crippen molar-refractivity contribution in [2.45, 2.75) is 24.2 Å². The highest BCUT2D eigenvalue weighted by molar-refractivity contribution is 5.45. The van der Waals surface area contributed by atoms with Gasteiger partial charge in [0.15, 0.2) is 0 Å². The molecule has 1 nitrogen and oxygen atoms in total. The van der Waals surface area contributed by atoms with E-state index in [0.29, 0.717) is 12.8 Å². The predicted octanol–water partition coefficient (Wildman–Crippen LogP) is 2.31. The highest BCUT2D eigenvalue weighted by Gasteiger charge is 2.87. The van der Waals surface area contributed by atoms with Crippen LogP contribution in [0.15, 0.2) is 30.3 Å². The van der Waals surface area contributed by atoms with Gasteiger partial charge in [-0.15, -0.1) is 0 Å². The summed E-state index contributed by atoms with van der Waals surface area (Å²) in [5.41, 5.74) is 4.43. The third-order valence-electron chi connectivity index (χ3n) is 4.26. The highest BCUT2D eigenvalue weighted by atomic mass is 19.3. The molecule has 2 bridgehead atoms. The highest BCUT2D eigenvalue weighted by Crippen LogP contribution is 2.81. The summed E-state index contributed by atoms with van der Waals surface area (Å²) < 4.78 is 27.8. The van der Waals surface area contributed by atoms with Crippen molar-refractivity contribution in [1.82, 2.24) is 0 Å². The van der Waals surface area contributed by atoms with Crippen LogP contribution in [0.1, 0.15) is 18.4 Å². The Morgan fingerprint density at radius 2 is 1.73 bits per heavy atom. The van der Waals surface area contributed by atoms with Gasteiger partial charge in [-0.05, 0) is 18.4 Å². The maximum Gasteiger partial charge on any atom is 0.264 e. The van der Waals surface area contributed by atoms with Crippen LogP contribution in [-0.4, -0.2) is 12.5 Å². The van der Waals surface area contributed by atoms with Crippen LogP contribution in [-0.2, 0) is 5.41 Å². The van der Waals surface area contributed by atoms with Crippen molar-refractivity contribution in [3.05, 3.63) is 35.9 Å². The minimum atomic E-state index is -2.60. The third kappa shape index (κ3) is 0.750. The zero-order valence-electron chi connectivity index (χ0n) is 8.34. The summed E-state index contributed by atoms with van der Waals surface area (Å²) in [5.74, 6) is -2.60. The second-order valence-electron chi connectivity index (χ2n) is 4.86. The number of benzene rings is 1. The van der Waals surface area contributed by atoms with E-state index in [1.54, 1.807) is 12.1 Å². The van der Waals surface area contributed by atoms with E-state index in [2.05, 4.69) is 0 Å². The molecule has 0 amide bonds. The molecule has 3 aliphatic rings. The average Bonchev–Trinajstić information content (AvgIpc) is 2.18. The van der Waals surface area contributed by atoms with Gasteiger partial charge in [-0.1, -0.05) is 30.3 Å².